The first-order chi connectivity index (χ1) is 13.5. The third-order valence-electron chi connectivity index (χ3n) is 4.98. The molecule has 1 aliphatic rings. The lowest BCUT2D eigenvalue weighted by Gasteiger charge is -2.40. The number of hydrogen-bond acceptors (Lipinski definition) is 4. The molecular weight excluding hydrogens is 522 g/mol. The van der Waals surface area contributed by atoms with Crippen molar-refractivity contribution in [1.29, 1.82) is 0 Å². The minimum atomic E-state index is -0.408. The lowest BCUT2D eigenvalue weighted by atomic mass is 9.88. The Hall–Kier alpha value is -1.83. The summed E-state index contributed by atoms with van der Waals surface area (Å²) < 4.78 is 0.820. The molecule has 2 N–H and O–H groups in total. The molecule has 152 valence electrons. The molecule has 0 saturated carbocycles. The Balaban J connectivity index is 1.84. The van der Waals surface area contributed by atoms with Gasteiger partial charge in [-0.25, -0.2) is 5.43 Å². The van der Waals surface area contributed by atoms with Gasteiger partial charge in [0.15, 0.2) is 0 Å². The molecule has 0 atom stereocenters. The van der Waals surface area contributed by atoms with Crippen LogP contribution in [0.3, 0.4) is 0 Å². The van der Waals surface area contributed by atoms with Crippen LogP contribution in [0.25, 0.3) is 5.57 Å². The fourth-order valence-corrected chi connectivity index (χ4v) is 4.60. The van der Waals surface area contributed by atoms with E-state index in [9.17, 15) is 9.90 Å². The van der Waals surface area contributed by atoms with E-state index in [1.165, 1.54) is 18.3 Å². The smallest absolute Gasteiger partial charge is 0.271 e. The number of likely N-dealkylation sites (N-methyl/N-ethyl adjacent to an activating group) is 1. The second-order valence-corrected chi connectivity index (χ2v) is 9.53. The number of nitrogens with zero attached hydrogens (tertiary/aromatic N) is 2. The molecule has 0 aromatic heterocycles. The van der Waals surface area contributed by atoms with Gasteiger partial charge in [0.2, 0.25) is 0 Å². The number of halogens is 3. The normalized spacial score (nSPS) is 15.3. The molecular formula is C21H20Br2ClN3O2. The zero-order valence-electron chi connectivity index (χ0n) is 16.3. The van der Waals surface area contributed by atoms with E-state index in [-0.39, 0.29) is 11.3 Å². The molecule has 0 spiro atoms. The Morgan fingerprint density at radius 3 is 2.48 bits per heavy atom. The number of aromatic hydroxyl groups is 1. The topological polar surface area (TPSA) is 64.9 Å². The number of carbonyl (C=O) groups is 1. The number of fused-ring (bicyclic) bond motifs is 1. The number of nitrogens with one attached hydrogen (secondary N) is 1. The van der Waals surface area contributed by atoms with Gasteiger partial charge < -0.3 is 10.0 Å². The predicted molar refractivity (Wildman–Crippen MR) is 126 cm³/mol. The van der Waals surface area contributed by atoms with Crippen molar-refractivity contribution in [1.82, 2.24) is 5.43 Å². The zero-order chi connectivity index (χ0) is 21.5. The van der Waals surface area contributed by atoms with E-state index in [4.69, 9.17) is 11.6 Å². The highest BCUT2D eigenvalue weighted by atomic mass is 79.9. The van der Waals surface area contributed by atoms with Gasteiger partial charge in [-0.15, -0.1) is 0 Å². The molecule has 1 amide bonds. The van der Waals surface area contributed by atoms with Crippen LogP contribution in [0, 0.1) is 0 Å². The lowest BCUT2D eigenvalue weighted by Crippen LogP contribution is -2.42. The Labute approximate surface area is 191 Å². The molecule has 0 radical (unpaired) electrons. The second kappa shape index (κ2) is 8.13. The first-order valence-corrected chi connectivity index (χ1v) is 10.8. The first-order valence-electron chi connectivity index (χ1n) is 8.80. The highest BCUT2D eigenvalue weighted by molar-refractivity contribution is 9.11. The molecule has 5 nitrogen and oxygen atoms in total. The number of allylic oxidation sites excluding steroid dienone is 1. The van der Waals surface area contributed by atoms with Crippen molar-refractivity contribution >= 4 is 66.8 Å². The maximum Gasteiger partial charge on any atom is 0.271 e. The van der Waals surface area contributed by atoms with E-state index in [2.05, 4.69) is 74.1 Å². The molecule has 0 fully saturated rings. The van der Waals surface area contributed by atoms with Crippen LogP contribution >= 0.6 is 43.5 Å². The molecule has 3 rings (SSSR count). The largest absolute Gasteiger partial charge is 0.506 e. The van der Waals surface area contributed by atoms with Gasteiger partial charge in [-0.05, 0) is 82.5 Å². The first kappa shape index (κ1) is 21.9. The summed E-state index contributed by atoms with van der Waals surface area (Å²) in [6.45, 7) is 6.38. The van der Waals surface area contributed by atoms with Gasteiger partial charge in [0.05, 0.1) is 25.7 Å². The molecule has 2 aromatic carbocycles. The van der Waals surface area contributed by atoms with Crippen LogP contribution in [0.1, 0.15) is 42.3 Å². The summed E-state index contributed by atoms with van der Waals surface area (Å²) in [7, 11) is 2.04. The molecule has 1 heterocycles. The van der Waals surface area contributed by atoms with Crippen LogP contribution in [0.4, 0.5) is 5.69 Å². The predicted octanol–water partition coefficient (Wildman–Crippen LogP) is 5.97. The molecule has 0 aliphatic carbocycles. The maximum atomic E-state index is 12.3. The highest BCUT2D eigenvalue weighted by Gasteiger charge is 2.29. The lowest BCUT2D eigenvalue weighted by molar-refractivity contribution is 0.0955. The zero-order valence-corrected chi connectivity index (χ0v) is 20.3. The minimum Gasteiger partial charge on any atom is -0.506 e. The third-order valence-corrected chi connectivity index (χ3v) is 6.52. The summed E-state index contributed by atoms with van der Waals surface area (Å²) in [5, 5.41) is 14.4. The van der Waals surface area contributed by atoms with Crippen LogP contribution in [-0.4, -0.2) is 29.8 Å². The van der Waals surface area contributed by atoms with E-state index >= 15 is 0 Å². The van der Waals surface area contributed by atoms with Crippen LogP contribution in [-0.2, 0) is 0 Å². The van der Waals surface area contributed by atoms with Gasteiger partial charge in [-0.1, -0.05) is 17.7 Å². The quantitative estimate of drug-likeness (QED) is 0.372. The minimum absolute atomic E-state index is 0.0301. The van der Waals surface area contributed by atoms with E-state index in [0.717, 1.165) is 16.8 Å². The van der Waals surface area contributed by atoms with Gasteiger partial charge >= 0.3 is 0 Å². The van der Waals surface area contributed by atoms with Gasteiger partial charge in [-0.2, -0.15) is 5.10 Å². The number of anilines is 1. The van der Waals surface area contributed by atoms with Crippen LogP contribution in [0.2, 0.25) is 5.02 Å². The maximum absolute atomic E-state index is 12.3. The number of hydrazone groups is 1. The Morgan fingerprint density at radius 2 is 1.86 bits per heavy atom. The van der Waals surface area contributed by atoms with E-state index in [0.29, 0.717) is 25.1 Å². The molecule has 29 heavy (non-hydrogen) atoms. The van der Waals surface area contributed by atoms with Crippen molar-refractivity contribution in [2.45, 2.75) is 26.3 Å². The van der Waals surface area contributed by atoms with Gasteiger partial charge in [0.1, 0.15) is 5.75 Å². The van der Waals surface area contributed by atoms with Crippen molar-refractivity contribution < 1.29 is 9.90 Å². The number of phenolic OH excluding ortho intramolecular Hbond substituents is 1. The van der Waals surface area contributed by atoms with E-state index < -0.39 is 5.91 Å². The molecule has 8 heteroatoms. The fraction of sp³-hybridized carbons (Fsp3) is 0.238. The average Bonchev–Trinajstić information content (AvgIpc) is 2.64. The summed E-state index contributed by atoms with van der Waals surface area (Å²) in [5.41, 5.74) is 6.74. The summed E-state index contributed by atoms with van der Waals surface area (Å²) >= 11 is 12.9. The molecule has 1 aliphatic heterocycles. The molecule has 0 bridgehead atoms. The molecule has 0 unspecified atom stereocenters. The SMILES string of the molecule is CC1=CC(C)(C)N(C)c2cc(Cl)c(/C=N\NC(=O)c3cc(Br)c(O)c(Br)c3)cc21. The Morgan fingerprint density at radius 1 is 1.24 bits per heavy atom. The Bertz CT molecular complexity index is 1040. The number of rotatable bonds is 3. The van der Waals surface area contributed by atoms with Crippen molar-refractivity contribution in [3.8, 4) is 5.75 Å². The van der Waals surface area contributed by atoms with Crippen LogP contribution in [0.5, 0.6) is 5.75 Å². The number of phenols is 1. The number of carbonyl (C=O) groups excluding carboxylic acids is 1. The monoisotopic (exact) mass is 539 g/mol. The van der Waals surface area contributed by atoms with E-state index in [1.807, 2.05) is 19.2 Å². The summed E-state index contributed by atoms with van der Waals surface area (Å²) in [5.74, 6) is -0.378. The number of benzene rings is 2. The average molecular weight is 542 g/mol. The van der Waals surface area contributed by atoms with Gasteiger partial charge in [-0.3, -0.25) is 4.79 Å². The fourth-order valence-electron chi connectivity index (χ4n) is 3.21. The molecule has 0 saturated heterocycles. The van der Waals surface area contributed by atoms with Gasteiger partial charge in [0.25, 0.3) is 5.91 Å². The summed E-state index contributed by atoms with van der Waals surface area (Å²) in [4.78, 5) is 14.5. The van der Waals surface area contributed by atoms with E-state index in [1.54, 1.807) is 0 Å². The Kier molecular flexibility index (Phi) is 6.13. The molecule has 2 aromatic rings. The summed E-state index contributed by atoms with van der Waals surface area (Å²) in [6.07, 6.45) is 3.74. The third kappa shape index (κ3) is 4.37. The van der Waals surface area contributed by atoms with Crippen molar-refractivity contribution in [2.24, 2.45) is 5.10 Å². The van der Waals surface area contributed by atoms with Crippen molar-refractivity contribution in [2.75, 3.05) is 11.9 Å². The number of hydrogen-bond donors (Lipinski definition) is 2. The standard InChI is InChI=1S/C21H20Br2ClN3O2/c1-11-9-21(2,3)27(4)18-8-17(24)13(5-14(11)18)10-25-26-20(29)12-6-15(22)19(28)16(23)7-12/h5-10,28H,1-4H3,(H,26,29)/b25-10-. The number of amides is 1. The van der Waals surface area contributed by atoms with Crippen LogP contribution in [0.15, 0.2) is 44.4 Å². The van der Waals surface area contributed by atoms with Crippen LogP contribution < -0.4 is 10.3 Å². The summed E-state index contributed by atoms with van der Waals surface area (Å²) in [6, 6.07) is 6.93. The van der Waals surface area contributed by atoms with Crippen molar-refractivity contribution in [3.05, 3.63) is 61.0 Å². The van der Waals surface area contributed by atoms with Crippen molar-refractivity contribution in [3.63, 3.8) is 0 Å². The second-order valence-electron chi connectivity index (χ2n) is 7.42. The highest BCUT2D eigenvalue weighted by Crippen LogP contribution is 2.40. The van der Waals surface area contributed by atoms with Gasteiger partial charge in [0, 0.05) is 29.4 Å².